The predicted octanol–water partition coefficient (Wildman–Crippen LogP) is 2.73. The van der Waals surface area contributed by atoms with Crippen LogP contribution in [-0.2, 0) is 16.6 Å². The molecule has 1 fully saturated rings. The van der Waals surface area contributed by atoms with Crippen LogP contribution < -0.4 is 5.32 Å². The summed E-state index contributed by atoms with van der Waals surface area (Å²) < 4.78 is 27.1. The predicted molar refractivity (Wildman–Crippen MR) is 85.9 cm³/mol. The van der Waals surface area contributed by atoms with Crippen molar-refractivity contribution in [1.82, 2.24) is 9.62 Å². The van der Waals surface area contributed by atoms with Gasteiger partial charge in [-0.3, -0.25) is 0 Å². The Morgan fingerprint density at radius 3 is 2.71 bits per heavy atom. The molecule has 0 bridgehead atoms. The van der Waals surface area contributed by atoms with Crippen LogP contribution in [0.2, 0.25) is 5.02 Å². The third-order valence-corrected chi connectivity index (χ3v) is 6.38. The summed E-state index contributed by atoms with van der Waals surface area (Å²) in [6.45, 7) is 6.07. The van der Waals surface area contributed by atoms with Gasteiger partial charge in [0.2, 0.25) is 10.0 Å². The lowest BCUT2D eigenvalue weighted by Crippen LogP contribution is -2.29. The Balaban J connectivity index is 2.26. The van der Waals surface area contributed by atoms with E-state index in [1.807, 2.05) is 7.05 Å². The van der Waals surface area contributed by atoms with Crippen molar-refractivity contribution >= 4 is 21.6 Å². The highest BCUT2D eigenvalue weighted by Gasteiger charge is 2.33. The molecule has 1 aromatic carbocycles. The molecule has 1 aliphatic heterocycles. The van der Waals surface area contributed by atoms with E-state index < -0.39 is 10.0 Å². The molecule has 0 aromatic heterocycles. The molecule has 4 nitrogen and oxygen atoms in total. The molecule has 0 aliphatic carbocycles. The maximum Gasteiger partial charge on any atom is 0.243 e. The number of hydrogen-bond acceptors (Lipinski definition) is 3. The number of sulfonamides is 1. The number of hydrogen-bond donors (Lipinski definition) is 1. The SMILES string of the molecule is CNCc1cc(S(=O)(=O)N2CCC(C(C)C)C2)ccc1Cl. The van der Waals surface area contributed by atoms with Crippen LogP contribution in [0.15, 0.2) is 23.1 Å². The molecule has 0 radical (unpaired) electrons. The molecule has 1 heterocycles. The van der Waals surface area contributed by atoms with E-state index in [4.69, 9.17) is 11.6 Å². The Morgan fingerprint density at radius 1 is 1.43 bits per heavy atom. The highest BCUT2D eigenvalue weighted by atomic mass is 35.5. The first-order chi connectivity index (χ1) is 9.86. The standard InChI is InChI=1S/C15H23ClN2O2S/c1-11(2)12-6-7-18(10-12)21(19,20)14-4-5-15(16)13(8-14)9-17-3/h4-5,8,11-12,17H,6-7,9-10H2,1-3H3. The summed E-state index contributed by atoms with van der Waals surface area (Å²) in [5, 5.41) is 3.59. The first-order valence-corrected chi connectivity index (χ1v) is 9.11. The van der Waals surface area contributed by atoms with E-state index in [0.717, 1.165) is 12.0 Å². The van der Waals surface area contributed by atoms with Crippen LogP contribution in [0.25, 0.3) is 0 Å². The molecule has 0 saturated carbocycles. The van der Waals surface area contributed by atoms with Crippen molar-refractivity contribution in [1.29, 1.82) is 0 Å². The van der Waals surface area contributed by atoms with E-state index >= 15 is 0 Å². The zero-order valence-electron chi connectivity index (χ0n) is 12.8. The van der Waals surface area contributed by atoms with Crippen LogP contribution in [0.1, 0.15) is 25.8 Å². The lowest BCUT2D eigenvalue weighted by atomic mass is 9.96. The fraction of sp³-hybridized carbons (Fsp3) is 0.600. The molecule has 1 aliphatic rings. The van der Waals surface area contributed by atoms with Crippen LogP contribution in [0.5, 0.6) is 0 Å². The minimum absolute atomic E-state index is 0.335. The monoisotopic (exact) mass is 330 g/mol. The van der Waals surface area contributed by atoms with Gasteiger partial charge in [-0.15, -0.1) is 0 Å². The molecule has 1 unspecified atom stereocenters. The molecule has 118 valence electrons. The van der Waals surface area contributed by atoms with Gasteiger partial charge >= 0.3 is 0 Å². The van der Waals surface area contributed by atoms with Gasteiger partial charge in [0, 0.05) is 24.7 Å². The number of rotatable bonds is 5. The van der Waals surface area contributed by atoms with Gasteiger partial charge in [0.25, 0.3) is 0 Å². The second-order valence-electron chi connectivity index (χ2n) is 5.94. The van der Waals surface area contributed by atoms with Crippen molar-refractivity contribution in [2.45, 2.75) is 31.7 Å². The van der Waals surface area contributed by atoms with Gasteiger partial charge in [-0.05, 0) is 49.1 Å². The molecule has 6 heteroatoms. The smallest absolute Gasteiger partial charge is 0.243 e. The quantitative estimate of drug-likeness (QED) is 0.903. The zero-order valence-corrected chi connectivity index (χ0v) is 14.3. The van der Waals surface area contributed by atoms with E-state index in [2.05, 4.69) is 19.2 Å². The number of nitrogens with one attached hydrogen (secondary N) is 1. The minimum atomic E-state index is -3.42. The van der Waals surface area contributed by atoms with Crippen molar-refractivity contribution in [3.63, 3.8) is 0 Å². The number of benzene rings is 1. The molecular weight excluding hydrogens is 308 g/mol. The Bertz CT molecular complexity index is 602. The minimum Gasteiger partial charge on any atom is -0.316 e. The summed E-state index contributed by atoms with van der Waals surface area (Å²) in [4.78, 5) is 0.335. The number of halogens is 1. The molecular formula is C15H23ClN2O2S. The summed E-state index contributed by atoms with van der Waals surface area (Å²) in [7, 11) is -1.61. The highest BCUT2D eigenvalue weighted by Crippen LogP contribution is 2.30. The molecule has 1 saturated heterocycles. The van der Waals surface area contributed by atoms with Crippen LogP contribution in [0.3, 0.4) is 0 Å². The molecule has 1 aromatic rings. The lowest BCUT2D eigenvalue weighted by Gasteiger charge is -2.19. The van der Waals surface area contributed by atoms with Crippen LogP contribution in [-0.4, -0.2) is 32.9 Å². The molecule has 0 amide bonds. The first kappa shape index (κ1) is 16.7. The van der Waals surface area contributed by atoms with Gasteiger partial charge in [0.05, 0.1) is 4.90 Å². The van der Waals surface area contributed by atoms with Gasteiger partial charge in [-0.25, -0.2) is 8.42 Å². The summed E-state index contributed by atoms with van der Waals surface area (Å²) >= 11 is 6.10. The second-order valence-corrected chi connectivity index (χ2v) is 8.28. The van der Waals surface area contributed by atoms with E-state index in [1.54, 1.807) is 22.5 Å². The van der Waals surface area contributed by atoms with Crippen molar-refractivity contribution in [2.24, 2.45) is 11.8 Å². The van der Waals surface area contributed by atoms with Crippen molar-refractivity contribution in [3.8, 4) is 0 Å². The van der Waals surface area contributed by atoms with Gasteiger partial charge in [-0.2, -0.15) is 4.31 Å². The Kier molecular flexibility index (Phi) is 5.30. The van der Waals surface area contributed by atoms with E-state index in [0.29, 0.717) is 41.4 Å². The van der Waals surface area contributed by atoms with Crippen molar-refractivity contribution in [2.75, 3.05) is 20.1 Å². The average molecular weight is 331 g/mol. The zero-order chi connectivity index (χ0) is 15.6. The Morgan fingerprint density at radius 2 is 2.14 bits per heavy atom. The van der Waals surface area contributed by atoms with E-state index in [-0.39, 0.29) is 0 Å². The van der Waals surface area contributed by atoms with Crippen LogP contribution >= 0.6 is 11.6 Å². The maximum absolute atomic E-state index is 12.7. The van der Waals surface area contributed by atoms with Crippen molar-refractivity contribution < 1.29 is 8.42 Å². The van der Waals surface area contributed by atoms with Crippen molar-refractivity contribution in [3.05, 3.63) is 28.8 Å². The first-order valence-electron chi connectivity index (χ1n) is 7.29. The normalized spacial score (nSPS) is 20.3. The van der Waals surface area contributed by atoms with Gasteiger partial charge in [0.1, 0.15) is 0 Å². The Labute approximate surface area is 132 Å². The molecule has 2 rings (SSSR count). The van der Waals surface area contributed by atoms with Gasteiger partial charge < -0.3 is 5.32 Å². The Hall–Kier alpha value is -0.620. The average Bonchev–Trinajstić information content (AvgIpc) is 2.92. The summed E-state index contributed by atoms with van der Waals surface area (Å²) in [5.41, 5.74) is 0.805. The third-order valence-electron chi connectivity index (χ3n) is 4.15. The summed E-state index contributed by atoms with van der Waals surface area (Å²) in [5.74, 6) is 0.958. The summed E-state index contributed by atoms with van der Waals surface area (Å²) in [6, 6.07) is 4.94. The van der Waals surface area contributed by atoms with Gasteiger partial charge in [-0.1, -0.05) is 25.4 Å². The second kappa shape index (κ2) is 6.65. The molecule has 21 heavy (non-hydrogen) atoms. The fourth-order valence-corrected chi connectivity index (χ4v) is 4.45. The van der Waals surface area contributed by atoms with Crippen LogP contribution in [0.4, 0.5) is 0 Å². The van der Waals surface area contributed by atoms with Crippen LogP contribution in [0, 0.1) is 11.8 Å². The van der Waals surface area contributed by atoms with E-state index in [1.165, 1.54) is 0 Å². The largest absolute Gasteiger partial charge is 0.316 e. The molecule has 1 N–H and O–H groups in total. The lowest BCUT2D eigenvalue weighted by molar-refractivity contribution is 0.388. The fourth-order valence-electron chi connectivity index (χ4n) is 2.70. The van der Waals surface area contributed by atoms with E-state index in [9.17, 15) is 8.42 Å². The molecule has 0 spiro atoms. The topological polar surface area (TPSA) is 49.4 Å². The maximum atomic E-state index is 12.7. The number of nitrogens with zero attached hydrogens (tertiary/aromatic N) is 1. The third kappa shape index (κ3) is 3.59. The molecule has 1 atom stereocenters. The van der Waals surface area contributed by atoms with Gasteiger partial charge in [0.15, 0.2) is 0 Å². The highest BCUT2D eigenvalue weighted by molar-refractivity contribution is 7.89. The summed E-state index contributed by atoms with van der Waals surface area (Å²) in [6.07, 6.45) is 0.938.